The Kier molecular flexibility index (Phi) is 1.94. The third-order valence-corrected chi connectivity index (χ3v) is 2.34. The lowest BCUT2D eigenvalue weighted by molar-refractivity contribution is 0.755. The summed E-state index contributed by atoms with van der Waals surface area (Å²) in [6.45, 7) is 3.93. The number of nitrogens with zero attached hydrogens (tertiary/aromatic N) is 1. The van der Waals surface area contributed by atoms with Crippen molar-refractivity contribution in [2.75, 3.05) is 0 Å². The van der Waals surface area contributed by atoms with Gasteiger partial charge in [-0.25, -0.2) is 4.98 Å². The van der Waals surface area contributed by atoms with E-state index in [1.54, 1.807) is 0 Å². The number of aryl methyl sites for hydroxylation is 1. The summed E-state index contributed by atoms with van der Waals surface area (Å²) in [5.74, 6) is 0. The van der Waals surface area contributed by atoms with Crippen molar-refractivity contribution in [3.8, 4) is 0 Å². The second-order valence-corrected chi connectivity index (χ2v) is 3.29. The second-order valence-electron chi connectivity index (χ2n) is 2.90. The summed E-state index contributed by atoms with van der Waals surface area (Å²) < 4.78 is 0.606. The minimum absolute atomic E-state index is 0.606. The van der Waals surface area contributed by atoms with Crippen LogP contribution in [0.2, 0.25) is 0 Å². The minimum atomic E-state index is 0.606. The minimum Gasteiger partial charge on any atom is -0.333 e. The van der Waals surface area contributed by atoms with E-state index in [0.29, 0.717) is 4.77 Å². The molecule has 2 rings (SSSR count). The number of hydrogen-bond acceptors (Lipinski definition) is 3. The van der Waals surface area contributed by atoms with Crippen molar-refractivity contribution in [2.24, 2.45) is 0 Å². The van der Waals surface area contributed by atoms with E-state index in [9.17, 15) is 0 Å². The molecule has 64 valence electrons. The molecule has 2 heterocycles. The molecule has 2 N–H and O–H groups in total. The molecule has 1 aromatic rings. The molecule has 0 saturated heterocycles. The van der Waals surface area contributed by atoms with E-state index in [1.807, 2.05) is 0 Å². The van der Waals surface area contributed by atoms with Gasteiger partial charge in [-0.15, -0.1) is 0 Å². The highest BCUT2D eigenvalue weighted by Crippen LogP contribution is 2.15. The van der Waals surface area contributed by atoms with Crippen molar-refractivity contribution < 1.29 is 0 Å². The molecule has 0 amide bonds. The van der Waals surface area contributed by atoms with E-state index in [0.717, 1.165) is 25.2 Å². The zero-order valence-corrected chi connectivity index (χ0v) is 7.79. The molecule has 4 heteroatoms. The van der Waals surface area contributed by atoms with Gasteiger partial charge in [0, 0.05) is 30.0 Å². The summed E-state index contributed by atoms with van der Waals surface area (Å²) in [6, 6.07) is 0. The lowest BCUT2D eigenvalue weighted by Crippen LogP contribution is -2.01. The highest BCUT2D eigenvalue weighted by Gasteiger charge is 2.14. The Bertz CT molecular complexity index is 356. The standard InChI is InChI=1S/C8H11N3S/c1-2-6-5-3-9-4-7(5)11-8(12)10-6/h9H,2-4H2,1H3,(H,10,11,12). The fraction of sp³-hybridized carbons (Fsp3) is 0.500. The topological polar surface area (TPSA) is 40.7 Å². The van der Waals surface area contributed by atoms with Crippen LogP contribution >= 0.6 is 12.2 Å². The molecule has 0 atom stereocenters. The molecule has 12 heavy (non-hydrogen) atoms. The van der Waals surface area contributed by atoms with Crippen LogP contribution in [0.5, 0.6) is 0 Å². The molecular formula is C8H11N3S. The van der Waals surface area contributed by atoms with Gasteiger partial charge in [0.2, 0.25) is 0 Å². The Morgan fingerprint density at radius 1 is 1.50 bits per heavy atom. The molecule has 1 aromatic heterocycles. The molecule has 1 aliphatic rings. The predicted molar refractivity (Wildman–Crippen MR) is 49.3 cm³/mol. The van der Waals surface area contributed by atoms with Gasteiger partial charge in [0.15, 0.2) is 4.77 Å². The fourth-order valence-electron chi connectivity index (χ4n) is 1.56. The zero-order chi connectivity index (χ0) is 8.55. The first-order valence-electron chi connectivity index (χ1n) is 4.13. The molecule has 0 fully saturated rings. The molecule has 0 aliphatic carbocycles. The van der Waals surface area contributed by atoms with Crippen molar-refractivity contribution in [1.29, 1.82) is 0 Å². The molecule has 0 saturated carbocycles. The largest absolute Gasteiger partial charge is 0.333 e. The second kappa shape index (κ2) is 2.95. The smallest absolute Gasteiger partial charge is 0.197 e. The number of aromatic amines is 1. The number of nitrogens with one attached hydrogen (secondary N) is 2. The lowest BCUT2D eigenvalue weighted by atomic mass is 10.1. The Morgan fingerprint density at radius 3 is 3.08 bits per heavy atom. The molecule has 0 bridgehead atoms. The van der Waals surface area contributed by atoms with E-state index in [2.05, 4.69) is 22.2 Å². The summed E-state index contributed by atoms with van der Waals surface area (Å²) in [5, 5.41) is 3.27. The van der Waals surface area contributed by atoms with Crippen LogP contribution in [0.3, 0.4) is 0 Å². The fourth-order valence-corrected chi connectivity index (χ4v) is 1.79. The molecule has 0 radical (unpaired) electrons. The molecule has 1 aliphatic heterocycles. The summed E-state index contributed by atoms with van der Waals surface area (Å²) in [4.78, 5) is 7.39. The number of aromatic nitrogens is 2. The van der Waals surface area contributed by atoms with Crippen LogP contribution in [0.15, 0.2) is 0 Å². The number of rotatable bonds is 1. The van der Waals surface area contributed by atoms with Gasteiger partial charge in [0.1, 0.15) is 0 Å². The molecular weight excluding hydrogens is 170 g/mol. The van der Waals surface area contributed by atoms with Crippen LogP contribution in [-0.4, -0.2) is 9.97 Å². The summed E-state index contributed by atoms with van der Waals surface area (Å²) in [7, 11) is 0. The number of fused-ring (bicyclic) bond motifs is 1. The van der Waals surface area contributed by atoms with Gasteiger partial charge in [-0.2, -0.15) is 0 Å². The maximum absolute atomic E-state index is 5.01. The summed E-state index contributed by atoms with van der Waals surface area (Å²) >= 11 is 5.01. The van der Waals surface area contributed by atoms with Crippen molar-refractivity contribution in [1.82, 2.24) is 15.3 Å². The average molecular weight is 181 g/mol. The van der Waals surface area contributed by atoms with Gasteiger partial charge in [-0.3, -0.25) is 0 Å². The Hall–Kier alpha value is -0.740. The molecule has 3 nitrogen and oxygen atoms in total. The van der Waals surface area contributed by atoms with Gasteiger partial charge >= 0.3 is 0 Å². The Morgan fingerprint density at radius 2 is 2.33 bits per heavy atom. The maximum atomic E-state index is 5.01. The first kappa shape index (κ1) is 7.89. The van der Waals surface area contributed by atoms with Crippen molar-refractivity contribution in [2.45, 2.75) is 26.4 Å². The predicted octanol–water partition coefficient (Wildman–Crippen LogP) is 1.30. The third-order valence-electron chi connectivity index (χ3n) is 2.15. The van der Waals surface area contributed by atoms with Crippen LogP contribution in [0.4, 0.5) is 0 Å². The first-order chi connectivity index (χ1) is 5.81. The first-order valence-corrected chi connectivity index (χ1v) is 4.53. The van der Waals surface area contributed by atoms with E-state index in [1.165, 1.54) is 11.3 Å². The van der Waals surface area contributed by atoms with Gasteiger partial charge in [-0.05, 0) is 18.6 Å². The zero-order valence-electron chi connectivity index (χ0n) is 6.98. The van der Waals surface area contributed by atoms with Crippen LogP contribution < -0.4 is 5.32 Å². The Balaban J connectivity index is 2.62. The highest BCUT2D eigenvalue weighted by atomic mass is 32.1. The van der Waals surface area contributed by atoms with Gasteiger partial charge in [0.05, 0.1) is 0 Å². The van der Waals surface area contributed by atoms with Crippen molar-refractivity contribution >= 4 is 12.2 Å². The molecule has 0 unspecified atom stereocenters. The number of H-pyrrole nitrogens is 1. The monoisotopic (exact) mass is 181 g/mol. The summed E-state index contributed by atoms with van der Waals surface area (Å²) in [5.41, 5.74) is 3.66. The maximum Gasteiger partial charge on any atom is 0.197 e. The van der Waals surface area contributed by atoms with E-state index >= 15 is 0 Å². The van der Waals surface area contributed by atoms with E-state index in [-0.39, 0.29) is 0 Å². The van der Waals surface area contributed by atoms with Crippen molar-refractivity contribution in [3.05, 3.63) is 21.7 Å². The van der Waals surface area contributed by atoms with E-state index in [4.69, 9.17) is 12.2 Å². The van der Waals surface area contributed by atoms with Crippen LogP contribution in [0.25, 0.3) is 0 Å². The Labute approximate surface area is 76.2 Å². The highest BCUT2D eigenvalue weighted by molar-refractivity contribution is 7.71. The van der Waals surface area contributed by atoms with Gasteiger partial charge < -0.3 is 10.3 Å². The van der Waals surface area contributed by atoms with E-state index < -0.39 is 0 Å². The SMILES string of the molecule is CCc1nc(=S)[nH]c2c1CNC2. The quantitative estimate of drug-likeness (QED) is 0.642. The number of hydrogen-bond donors (Lipinski definition) is 2. The molecule has 0 spiro atoms. The summed E-state index contributed by atoms with van der Waals surface area (Å²) in [6.07, 6.45) is 0.961. The van der Waals surface area contributed by atoms with Crippen LogP contribution in [0.1, 0.15) is 23.9 Å². The van der Waals surface area contributed by atoms with Gasteiger partial charge in [0.25, 0.3) is 0 Å². The molecule has 0 aromatic carbocycles. The van der Waals surface area contributed by atoms with Crippen molar-refractivity contribution in [3.63, 3.8) is 0 Å². The third kappa shape index (κ3) is 1.17. The van der Waals surface area contributed by atoms with Crippen LogP contribution in [0, 0.1) is 4.77 Å². The van der Waals surface area contributed by atoms with Crippen LogP contribution in [-0.2, 0) is 19.5 Å². The average Bonchev–Trinajstić information content (AvgIpc) is 2.50. The lowest BCUT2D eigenvalue weighted by Gasteiger charge is -2.02. The normalized spacial score (nSPS) is 14.8. The van der Waals surface area contributed by atoms with Gasteiger partial charge in [-0.1, -0.05) is 6.92 Å².